The molecule has 1 rings (SSSR count). The zero-order chi connectivity index (χ0) is 11.3. The van der Waals surface area contributed by atoms with Crippen molar-refractivity contribution in [2.45, 2.75) is 19.4 Å². The lowest BCUT2D eigenvalue weighted by atomic mass is 10.2. The molecule has 0 spiro atoms. The highest BCUT2D eigenvalue weighted by Gasteiger charge is 2.02. The van der Waals surface area contributed by atoms with Gasteiger partial charge in [0.2, 0.25) is 0 Å². The average Bonchev–Trinajstić information content (AvgIpc) is 2.20. The van der Waals surface area contributed by atoms with E-state index in [2.05, 4.69) is 5.32 Å². The summed E-state index contributed by atoms with van der Waals surface area (Å²) >= 11 is 0. The standard InChI is InChI=1S/C11H14FN3/c1-8(14)4-5-15-11-3-2-9(7-13)6-10(11)12/h2-3,6,8,15H,4-5,14H2,1H3. The van der Waals surface area contributed by atoms with E-state index in [1.807, 2.05) is 13.0 Å². The summed E-state index contributed by atoms with van der Waals surface area (Å²) in [5.41, 5.74) is 6.30. The molecule has 0 fully saturated rings. The Balaban J connectivity index is 2.59. The van der Waals surface area contributed by atoms with Crippen molar-refractivity contribution in [1.29, 1.82) is 5.26 Å². The van der Waals surface area contributed by atoms with E-state index in [4.69, 9.17) is 11.0 Å². The van der Waals surface area contributed by atoms with Crippen LogP contribution >= 0.6 is 0 Å². The zero-order valence-electron chi connectivity index (χ0n) is 8.63. The number of hydrogen-bond donors (Lipinski definition) is 2. The van der Waals surface area contributed by atoms with Crippen molar-refractivity contribution in [3.8, 4) is 6.07 Å². The van der Waals surface area contributed by atoms with Crippen molar-refractivity contribution >= 4 is 5.69 Å². The molecule has 0 bridgehead atoms. The van der Waals surface area contributed by atoms with Crippen LogP contribution in [0.1, 0.15) is 18.9 Å². The van der Waals surface area contributed by atoms with E-state index < -0.39 is 5.82 Å². The number of benzene rings is 1. The Morgan fingerprint density at radius 3 is 2.87 bits per heavy atom. The maximum Gasteiger partial charge on any atom is 0.147 e. The Morgan fingerprint density at radius 2 is 2.33 bits per heavy atom. The number of nitriles is 1. The molecule has 0 saturated heterocycles. The van der Waals surface area contributed by atoms with Gasteiger partial charge in [-0.2, -0.15) is 5.26 Å². The molecule has 0 aliphatic rings. The second kappa shape index (κ2) is 5.32. The normalized spacial score (nSPS) is 11.9. The molecule has 3 N–H and O–H groups in total. The number of nitrogens with zero attached hydrogens (tertiary/aromatic N) is 1. The number of hydrogen-bond acceptors (Lipinski definition) is 3. The Bertz CT molecular complexity index is 369. The predicted octanol–water partition coefficient (Wildman–Crippen LogP) is 1.85. The van der Waals surface area contributed by atoms with Crippen LogP contribution in [0.4, 0.5) is 10.1 Å². The van der Waals surface area contributed by atoms with Gasteiger partial charge >= 0.3 is 0 Å². The largest absolute Gasteiger partial charge is 0.383 e. The van der Waals surface area contributed by atoms with E-state index in [0.29, 0.717) is 17.8 Å². The maximum atomic E-state index is 13.3. The van der Waals surface area contributed by atoms with Crippen LogP contribution in [0.2, 0.25) is 0 Å². The van der Waals surface area contributed by atoms with Gasteiger partial charge in [-0.05, 0) is 31.5 Å². The summed E-state index contributed by atoms with van der Waals surface area (Å²) in [5, 5.41) is 11.5. The fraction of sp³-hybridized carbons (Fsp3) is 0.364. The smallest absolute Gasteiger partial charge is 0.147 e. The molecule has 4 heteroatoms. The average molecular weight is 207 g/mol. The summed E-state index contributed by atoms with van der Waals surface area (Å²) in [6.45, 7) is 2.53. The lowest BCUT2D eigenvalue weighted by Gasteiger charge is -2.09. The Labute approximate surface area is 88.7 Å². The summed E-state index contributed by atoms with van der Waals surface area (Å²) in [5.74, 6) is -0.404. The minimum absolute atomic E-state index is 0.0962. The van der Waals surface area contributed by atoms with Gasteiger partial charge in [-0.25, -0.2) is 4.39 Å². The van der Waals surface area contributed by atoms with Gasteiger partial charge in [0, 0.05) is 12.6 Å². The summed E-state index contributed by atoms with van der Waals surface area (Å²) in [7, 11) is 0. The van der Waals surface area contributed by atoms with Gasteiger partial charge in [0.25, 0.3) is 0 Å². The van der Waals surface area contributed by atoms with Crippen molar-refractivity contribution < 1.29 is 4.39 Å². The van der Waals surface area contributed by atoms with Crippen molar-refractivity contribution in [1.82, 2.24) is 0 Å². The van der Waals surface area contributed by atoms with Gasteiger partial charge in [0.15, 0.2) is 0 Å². The number of halogens is 1. The Morgan fingerprint density at radius 1 is 1.60 bits per heavy atom. The second-order valence-corrected chi connectivity index (χ2v) is 3.50. The van der Waals surface area contributed by atoms with Crippen molar-refractivity contribution in [3.05, 3.63) is 29.6 Å². The predicted molar refractivity (Wildman–Crippen MR) is 57.9 cm³/mol. The molecule has 0 saturated carbocycles. The van der Waals surface area contributed by atoms with Crippen molar-refractivity contribution in [2.75, 3.05) is 11.9 Å². The lowest BCUT2D eigenvalue weighted by molar-refractivity contribution is 0.626. The minimum atomic E-state index is -0.404. The SMILES string of the molecule is CC(N)CCNc1ccc(C#N)cc1F. The molecular formula is C11H14FN3. The third-order valence-electron chi connectivity index (χ3n) is 2.01. The third kappa shape index (κ3) is 3.56. The van der Waals surface area contributed by atoms with Crippen LogP contribution in [-0.4, -0.2) is 12.6 Å². The van der Waals surface area contributed by atoms with Crippen LogP contribution in [0.25, 0.3) is 0 Å². The molecule has 3 nitrogen and oxygen atoms in total. The molecule has 0 radical (unpaired) electrons. The molecule has 0 heterocycles. The highest BCUT2D eigenvalue weighted by Crippen LogP contribution is 2.15. The van der Waals surface area contributed by atoms with E-state index in [9.17, 15) is 4.39 Å². The molecule has 1 unspecified atom stereocenters. The van der Waals surface area contributed by atoms with Crippen molar-refractivity contribution in [2.24, 2.45) is 5.73 Å². The zero-order valence-corrected chi connectivity index (χ0v) is 8.63. The molecule has 0 aliphatic carbocycles. The topological polar surface area (TPSA) is 61.8 Å². The molecule has 15 heavy (non-hydrogen) atoms. The van der Waals surface area contributed by atoms with E-state index in [1.165, 1.54) is 6.07 Å². The van der Waals surface area contributed by atoms with Crippen LogP contribution in [-0.2, 0) is 0 Å². The summed E-state index contributed by atoms with van der Waals surface area (Å²) in [6.07, 6.45) is 0.777. The third-order valence-corrected chi connectivity index (χ3v) is 2.01. The highest BCUT2D eigenvalue weighted by atomic mass is 19.1. The van der Waals surface area contributed by atoms with Crippen molar-refractivity contribution in [3.63, 3.8) is 0 Å². The quantitative estimate of drug-likeness (QED) is 0.792. The van der Waals surface area contributed by atoms with E-state index in [-0.39, 0.29) is 6.04 Å². The lowest BCUT2D eigenvalue weighted by Crippen LogP contribution is -2.19. The van der Waals surface area contributed by atoms with Gasteiger partial charge in [0.05, 0.1) is 17.3 Å². The summed E-state index contributed by atoms with van der Waals surface area (Å²) in [6, 6.07) is 6.34. The minimum Gasteiger partial charge on any atom is -0.383 e. The first kappa shape index (κ1) is 11.5. The molecule has 1 aromatic carbocycles. The first-order chi connectivity index (χ1) is 7.13. The first-order valence-corrected chi connectivity index (χ1v) is 4.82. The fourth-order valence-electron chi connectivity index (χ4n) is 1.16. The molecule has 0 amide bonds. The molecule has 0 aromatic heterocycles. The monoisotopic (exact) mass is 207 g/mol. The maximum absolute atomic E-state index is 13.3. The van der Waals surface area contributed by atoms with E-state index in [1.54, 1.807) is 12.1 Å². The van der Waals surface area contributed by atoms with Gasteiger partial charge in [-0.1, -0.05) is 0 Å². The first-order valence-electron chi connectivity index (χ1n) is 4.82. The molecule has 80 valence electrons. The van der Waals surface area contributed by atoms with Gasteiger partial charge < -0.3 is 11.1 Å². The number of rotatable bonds is 4. The van der Waals surface area contributed by atoms with Gasteiger partial charge in [-0.3, -0.25) is 0 Å². The number of nitrogens with two attached hydrogens (primary N) is 1. The van der Waals surface area contributed by atoms with Gasteiger partial charge in [0.1, 0.15) is 5.82 Å². The van der Waals surface area contributed by atoms with Crippen LogP contribution in [0.3, 0.4) is 0 Å². The number of anilines is 1. The molecule has 1 aromatic rings. The van der Waals surface area contributed by atoms with E-state index >= 15 is 0 Å². The van der Waals surface area contributed by atoms with Crippen LogP contribution in [0.5, 0.6) is 0 Å². The summed E-state index contributed by atoms with van der Waals surface area (Å²) in [4.78, 5) is 0. The Hall–Kier alpha value is -1.60. The number of nitrogens with one attached hydrogen (secondary N) is 1. The van der Waals surface area contributed by atoms with Gasteiger partial charge in [-0.15, -0.1) is 0 Å². The Kier molecular flexibility index (Phi) is 4.07. The molecule has 1 atom stereocenters. The van der Waals surface area contributed by atoms with Crippen LogP contribution in [0, 0.1) is 17.1 Å². The van der Waals surface area contributed by atoms with E-state index in [0.717, 1.165) is 6.42 Å². The second-order valence-electron chi connectivity index (χ2n) is 3.50. The highest BCUT2D eigenvalue weighted by molar-refractivity contribution is 5.48. The molecule has 0 aliphatic heterocycles. The fourth-order valence-corrected chi connectivity index (χ4v) is 1.16. The molecular weight excluding hydrogens is 193 g/mol. The summed E-state index contributed by atoms with van der Waals surface area (Å²) < 4.78 is 13.3. The van der Waals surface area contributed by atoms with Crippen LogP contribution < -0.4 is 11.1 Å². The van der Waals surface area contributed by atoms with Crippen LogP contribution in [0.15, 0.2) is 18.2 Å².